The Morgan fingerprint density at radius 2 is 2.14 bits per heavy atom. The van der Waals surface area contributed by atoms with Crippen molar-refractivity contribution < 1.29 is 18.0 Å². The molecule has 1 aromatic rings. The summed E-state index contributed by atoms with van der Waals surface area (Å²) in [4.78, 5) is 13.3. The van der Waals surface area contributed by atoms with Crippen LogP contribution < -0.4 is 5.32 Å². The standard InChI is InChI=1S/C6H4ClF3N2OS/c1-11-5-12-3(6(8,9)10)2(14-5)4(7)13/h1H3,(H,11,12). The molecule has 3 nitrogen and oxygen atoms in total. The van der Waals surface area contributed by atoms with E-state index in [4.69, 9.17) is 11.6 Å². The molecule has 0 fully saturated rings. The van der Waals surface area contributed by atoms with Gasteiger partial charge in [0.15, 0.2) is 10.8 Å². The fourth-order valence-electron chi connectivity index (χ4n) is 0.752. The number of carbonyl (C=O) groups is 1. The Hall–Kier alpha value is -0.820. The molecule has 0 aliphatic heterocycles. The number of anilines is 1. The van der Waals surface area contributed by atoms with E-state index in [0.29, 0.717) is 11.3 Å². The molecule has 0 bridgehead atoms. The first kappa shape index (κ1) is 11.3. The quantitative estimate of drug-likeness (QED) is 0.813. The summed E-state index contributed by atoms with van der Waals surface area (Å²) in [6.07, 6.45) is -4.66. The number of rotatable bonds is 2. The minimum absolute atomic E-state index is 0.00123. The molecule has 0 unspecified atom stereocenters. The smallest absolute Gasteiger partial charge is 0.365 e. The zero-order valence-electron chi connectivity index (χ0n) is 6.78. The van der Waals surface area contributed by atoms with E-state index in [2.05, 4.69) is 10.3 Å². The zero-order valence-corrected chi connectivity index (χ0v) is 8.35. The first-order valence-electron chi connectivity index (χ1n) is 3.32. The van der Waals surface area contributed by atoms with Gasteiger partial charge in [-0.2, -0.15) is 13.2 Å². The van der Waals surface area contributed by atoms with Gasteiger partial charge >= 0.3 is 6.18 Å². The third-order valence-corrected chi connectivity index (χ3v) is 2.66. The third-order valence-electron chi connectivity index (χ3n) is 1.29. The van der Waals surface area contributed by atoms with Gasteiger partial charge in [-0.3, -0.25) is 4.79 Å². The van der Waals surface area contributed by atoms with Gasteiger partial charge in [0.1, 0.15) is 4.88 Å². The Bertz CT molecular complexity index is 362. The van der Waals surface area contributed by atoms with Crippen molar-refractivity contribution in [3.8, 4) is 0 Å². The Kier molecular flexibility index (Phi) is 3.01. The topological polar surface area (TPSA) is 42.0 Å². The monoisotopic (exact) mass is 244 g/mol. The van der Waals surface area contributed by atoms with Crippen LogP contribution in [-0.4, -0.2) is 17.3 Å². The maximum absolute atomic E-state index is 12.3. The summed E-state index contributed by atoms with van der Waals surface area (Å²) in [5.74, 6) is 0. The van der Waals surface area contributed by atoms with Gasteiger partial charge in [-0.15, -0.1) is 0 Å². The van der Waals surface area contributed by atoms with Crippen molar-refractivity contribution in [1.29, 1.82) is 0 Å². The summed E-state index contributed by atoms with van der Waals surface area (Å²) in [6.45, 7) is 0. The molecule has 0 spiro atoms. The van der Waals surface area contributed by atoms with E-state index in [9.17, 15) is 18.0 Å². The van der Waals surface area contributed by atoms with Gasteiger partial charge in [0.05, 0.1) is 0 Å². The maximum Gasteiger partial charge on any atom is 0.435 e. The lowest BCUT2D eigenvalue weighted by molar-refractivity contribution is -0.140. The highest BCUT2D eigenvalue weighted by atomic mass is 35.5. The van der Waals surface area contributed by atoms with Crippen molar-refractivity contribution in [2.75, 3.05) is 12.4 Å². The lowest BCUT2D eigenvalue weighted by atomic mass is 10.4. The largest absolute Gasteiger partial charge is 0.435 e. The van der Waals surface area contributed by atoms with Crippen molar-refractivity contribution in [1.82, 2.24) is 4.98 Å². The first-order chi connectivity index (χ1) is 6.36. The van der Waals surface area contributed by atoms with E-state index >= 15 is 0 Å². The predicted octanol–water partition coefficient (Wildman–Crippen LogP) is 2.58. The van der Waals surface area contributed by atoms with E-state index < -0.39 is 22.0 Å². The molecule has 78 valence electrons. The van der Waals surface area contributed by atoms with E-state index in [1.54, 1.807) is 0 Å². The molecule has 14 heavy (non-hydrogen) atoms. The van der Waals surface area contributed by atoms with Gasteiger partial charge in [0, 0.05) is 7.05 Å². The highest BCUT2D eigenvalue weighted by Crippen LogP contribution is 2.36. The summed E-state index contributed by atoms with van der Waals surface area (Å²) >= 11 is 5.56. The number of thiazole rings is 1. The molecule has 0 radical (unpaired) electrons. The normalized spacial score (nSPS) is 11.5. The second kappa shape index (κ2) is 3.74. The molecular weight excluding hydrogens is 241 g/mol. The van der Waals surface area contributed by atoms with Crippen molar-refractivity contribution in [3.63, 3.8) is 0 Å². The van der Waals surface area contributed by atoms with Gasteiger partial charge in [-0.25, -0.2) is 4.98 Å². The Morgan fingerprint density at radius 1 is 1.57 bits per heavy atom. The number of hydrogen-bond donors (Lipinski definition) is 1. The summed E-state index contributed by atoms with van der Waals surface area (Å²) in [7, 11) is 1.40. The van der Waals surface area contributed by atoms with Crippen molar-refractivity contribution in [2.45, 2.75) is 6.18 Å². The molecule has 0 atom stereocenters. The Labute approximate surface area is 85.9 Å². The number of hydrogen-bond acceptors (Lipinski definition) is 4. The van der Waals surface area contributed by atoms with Crippen LogP contribution in [0.3, 0.4) is 0 Å². The number of aromatic nitrogens is 1. The number of halogens is 4. The molecule has 0 aliphatic rings. The van der Waals surface area contributed by atoms with Crippen LogP contribution in [0.4, 0.5) is 18.3 Å². The fraction of sp³-hybridized carbons (Fsp3) is 0.333. The lowest BCUT2D eigenvalue weighted by Crippen LogP contribution is -2.09. The van der Waals surface area contributed by atoms with Crippen LogP contribution in [0.25, 0.3) is 0 Å². The lowest BCUT2D eigenvalue weighted by Gasteiger charge is -2.02. The predicted molar refractivity (Wildman–Crippen MR) is 46.8 cm³/mol. The fourth-order valence-corrected chi connectivity index (χ4v) is 1.73. The summed E-state index contributed by atoms with van der Waals surface area (Å²) in [5, 5.41) is 1.26. The van der Waals surface area contributed by atoms with Crippen LogP contribution >= 0.6 is 22.9 Å². The average molecular weight is 245 g/mol. The molecule has 1 N–H and O–H groups in total. The van der Waals surface area contributed by atoms with Crippen molar-refractivity contribution in [2.24, 2.45) is 0 Å². The van der Waals surface area contributed by atoms with Crippen molar-refractivity contribution in [3.05, 3.63) is 10.6 Å². The Morgan fingerprint density at radius 3 is 2.43 bits per heavy atom. The maximum atomic E-state index is 12.3. The van der Waals surface area contributed by atoms with Gasteiger partial charge in [0.25, 0.3) is 5.24 Å². The van der Waals surface area contributed by atoms with Gasteiger partial charge in [-0.1, -0.05) is 11.3 Å². The molecular formula is C6H4ClF3N2OS. The minimum atomic E-state index is -4.66. The molecule has 0 amide bonds. The van der Waals surface area contributed by atoms with Crippen LogP contribution in [0, 0.1) is 0 Å². The van der Waals surface area contributed by atoms with Gasteiger partial charge in [0.2, 0.25) is 0 Å². The van der Waals surface area contributed by atoms with Crippen LogP contribution in [0.2, 0.25) is 0 Å². The summed E-state index contributed by atoms with van der Waals surface area (Å²) < 4.78 is 36.8. The van der Waals surface area contributed by atoms with E-state index in [0.717, 1.165) is 0 Å². The van der Waals surface area contributed by atoms with Crippen LogP contribution in [0.5, 0.6) is 0 Å². The van der Waals surface area contributed by atoms with Gasteiger partial charge in [-0.05, 0) is 11.6 Å². The molecule has 0 saturated heterocycles. The molecule has 8 heteroatoms. The van der Waals surface area contributed by atoms with E-state index in [-0.39, 0.29) is 5.13 Å². The molecule has 0 saturated carbocycles. The van der Waals surface area contributed by atoms with Gasteiger partial charge < -0.3 is 5.32 Å². The first-order valence-corrected chi connectivity index (χ1v) is 4.51. The summed E-state index contributed by atoms with van der Waals surface area (Å²) in [6, 6.07) is 0. The third kappa shape index (κ3) is 2.16. The van der Waals surface area contributed by atoms with Crippen molar-refractivity contribution >= 4 is 33.3 Å². The average Bonchev–Trinajstić information content (AvgIpc) is 2.46. The molecule has 1 aromatic heterocycles. The second-order valence-electron chi connectivity index (χ2n) is 2.22. The zero-order chi connectivity index (χ0) is 10.9. The highest BCUT2D eigenvalue weighted by molar-refractivity contribution is 7.19. The molecule has 1 heterocycles. The molecule has 0 aromatic carbocycles. The number of carbonyl (C=O) groups excluding carboxylic acids is 1. The van der Waals surface area contributed by atoms with E-state index in [1.807, 2.05) is 0 Å². The van der Waals surface area contributed by atoms with Crippen LogP contribution in [-0.2, 0) is 6.18 Å². The van der Waals surface area contributed by atoms with E-state index in [1.165, 1.54) is 7.05 Å². The number of nitrogens with one attached hydrogen (secondary N) is 1. The highest BCUT2D eigenvalue weighted by Gasteiger charge is 2.39. The molecule has 1 rings (SSSR count). The SMILES string of the molecule is CNc1nc(C(F)(F)F)c(C(=O)Cl)s1. The number of nitrogens with zero attached hydrogens (tertiary/aromatic N) is 1. The van der Waals surface area contributed by atoms with Crippen LogP contribution in [0.1, 0.15) is 15.4 Å². The number of alkyl halides is 3. The second-order valence-corrected chi connectivity index (χ2v) is 3.56. The van der Waals surface area contributed by atoms with Crippen LogP contribution in [0.15, 0.2) is 0 Å². The molecule has 0 aliphatic carbocycles. The minimum Gasteiger partial charge on any atom is -0.365 e. The summed E-state index contributed by atoms with van der Waals surface area (Å²) in [5.41, 5.74) is -1.24. The Balaban J connectivity index is 3.26.